The number of hydrogen-bond acceptors (Lipinski definition) is 3. The lowest BCUT2D eigenvalue weighted by atomic mass is 10.2. The number of halogens is 1. The molecule has 0 radical (unpaired) electrons. The molecule has 4 heteroatoms. The van der Waals surface area contributed by atoms with Gasteiger partial charge < -0.3 is 10.1 Å². The van der Waals surface area contributed by atoms with E-state index in [4.69, 9.17) is 16.3 Å². The first kappa shape index (κ1) is 12.7. The van der Waals surface area contributed by atoms with E-state index < -0.39 is 0 Å². The summed E-state index contributed by atoms with van der Waals surface area (Å²) >= 11 is 5.93. The second kappa shape index (κ2) is 6.26. The van der Waals surface area contributed by atoms with Gasteiger partial charge >= 0.3 is 0 Å². The molecule has 1 N–H and O–H groups in total. The van der Waals surface area contributed by atoms with Crippen LogP contribution in [0.3, 0.4) is 0 Å². The Labute approximate surface area is 112 Å². The van der Waals surface area contributed by atoms with Crippen molar-refractivity contribution in [2.75, 3.05) is 11.9 Å². The summed E-state index contributed by atoms with van der Waals surface area (Å²) in [5, 5.41) is 4.03. The molecule has 0 unspecified atom stereocenters. The normalized spacial score (nSPS) is 10.1. The van der Waals surface area contributed by atoms with Crippen molar-refractivity contribution in [1.29, 1.82) is 0 Å². The molecule has 0 amide bonds. The van der Waals surface area contributed by atoms with Crippen LogP contribution < -0.4 is 10.1 Å². The SMILES string of the molecule is CCOc1ccc(NCc2cccc(Cl)c2)cn1. The third-order valence-corrected chi connectivity index (χ3v) is 2.65. The third kappa shape index (κ3) is 3.64. The van der Waals surface area contributed by atoms with E-state index in [-0.39, 0.29) is 0 Å². The van der Waals surface area contributed by atoms with E-state index in [0.29, 0.717) is 12.5 Å². The van der Waals surface area contributed by atoms with E-state index in [1.165, 1.54) is 0 Å². The Morgan fingerprint density at radius 2 is 2.17 bits per heavy atom. The molecule has 0 atom stereocenters. The van der Waals surface area contributed by atoms with Crippen molar-refractivity contribution in [3.8, 4) is 5.88 Å². The number of nitrogens with zero attached hydrogens (tertiary/aromatic N) is 1. The lowest BCUT2D eigenvalue weighted by Gasteiger charge is -2.07. The van der Waals surface area contributed by atoms with Gasteiger partial charge in [-0.25, -0.2) is 4.98 Å². The molecule has 0 spiro atoms. The summed E-state index contributed by atoms with van der Waals surface area (Å²) < 4.78 is 5.28. The number of aromatic nitrogens is 1. The van der Waals surface area contributed by atoms with Crippen molar-refractivity contribution in [3.05, 3.63) is 53.2 Å². The van der Waals surface area contributed by atoms with Crippen LogP contribution >= 0.6 is 11.6 Å². The molecule has 2 rings (SSSR count). The Morgan fingerprint density at radius 3 is 2.83 bits per heavy atom. The largest absolute Gasteiger partial charge is 0.478 e. The Hall–Kier alpha value is -1.74. The topological polar surface area (TPSA) is 34.1 Å². The Bertz CT molecular complexity index is 499. The molecule has 0 saturated carbocycles. The van der Waals surface area contributed by atoms with Gasteiger partial charge in [0.2, 0.25) is 5.88 Å². The van der Waals surface area contributed by atoms with Gasteiger partial charge in [-0.05, 0) is 30.7 Å². The Kier molecular flexibility index (Phi) is 4.42. The van der Waals surface area contributed by atoms with Crippen molar-refractivity contribution in [2.45, 2.75) is 13.5 Å². The van der Waals surface area contributed by atoms with Crippen LogP contribution in [0.15, 0.2) is 42.6 Å². The fourth-order valence-electron chi connectivity index (χ4n) is 1.57. The highest BCUT2D eigenvalue weighted by Crippen LogP contribution is 2.14. The first-order valence-electron chi connectivity index (χ1n) is 5.85. The smallest absolute Gasteiger partial charge is 0.213 e. The zero-order chi connectivity index (χ0) is 12.8. The predicted molar refractivity (Wildman–Crippen MR) is 74.2 cm³/mol. The molecule has 18 heavy (non-hydrogen) atoms. The molecule has 0 fully saturated rings. The molecular weight excluding hydrogens is 248 g/mol. The second-order valence-electron chi connectivity index (χ2n) is 3.80. The highest BCUT2D eigenvalue weighted by Gasteiger charge is 1.97. The maximum absolute atomic E-state index is 5.93. The Balaban J connectivity index is 1.93. The van der Waals surface area contributed by atoms with Gasteiger partial charge in [0.1, 0.15) is 0 Å². The van der Waals surface area contributed by atoms with Gasteiger partial charge in [-0.1, -0.05) is 23.7 Å². The maximum atomic E-state index is 5.93. The molecule has 0 aliphatic rings. The van der Waals surface area contributed by atoms with Crippen LogP contribution in [0.1, 0.15) is 12.5 Å². The summed E-state index contributed by atoms with van der Waals surface area (Å²) in [4.78, 5) is 4.19. The lowest BCUT2D eigenvalue weighted by molar-refractivity contribution is 0.327. The molecule has 1 aromatic carbocycles. The quantitative estimate of drug-likeness (QED) is 0.891. The number of anilines is 1. The average Bonchev–Trinajstić information content (AvgIpc) is 2.38. The number of hydrogen-bond donors (Lipinski definition) is 1. The predicted octanol–water partition coefficient (Wildman–Crippen LogP) is 3.75. The standard InChI is InChI=1S/C14H15ClN2O/c1-2-18-14-7-6-13(10-17-14)16-9-11-4-3-5-12(15)8-11/h3-8,10,16H,2,9H2,1H3. The van der Waals surface area contributed by atoms with Crippen molar-refractivity contribution in [2.24, 2.45) is 0 Å². The molecule has 3 nitrogen and oxygen atoms in total. The Morgan fingerprint density at radius 1 is 1.28 bits per heavy atom. The summed E-state index contributed by atoms with van der Waals surface area (Å²) in [5.74, 6) is 0.644. The van der Waals surface area contributed by atoms with E-state index in [2.05, 4.69) is 10.3 Å². The van der Waals surface area contributed by atoms with Crippen LogP contribution in [-0.2, 0) is 6.54 Å². The van der Waals surface area contributed by atoms with E-state index in [1.807, 2.05) is 43.3 Å². The van der Waals surface area contributed by atoms with Gasteiger partial charge in [0.15, 0.2) is 0 Å². The van der Waals surface area contributed by atoms with E-state index in [1.54, 1.807) is 6.20 Å². The number of nitrogens with one attached hydrogen (secondary N) is 1. The number of rotatable bonds is 5. The van der Waals surface area contributed by atoms with Crippen LogP contribution in [0.25, 0.3) is 0 Å². The van der Waals surface area contributed by atoms with Gasteiger partial charge in [0.25, 0.3) is 0 Å². The van der Waals surface area contributed by atoms with Crippen molar-refractivity contribution < 1.29 is 4.74 Å². The third-order valence-electron chi connectivity index (χ3n) is 2.41. The van der Waals surface area contributed by atoms with Crippen molar-refractivity contribution >= 4 is 17.3 Å². The molecule has 1 aromatic heterocycles. The van der Waals surface area contributed by atoms with E-state index in [9.17, 15) is 0 Å². The van der Waals surface area contributed by atoms with Crippen LogP contribution in [0, 0.1) is 0 Å². The molecule has 0 aliphatic heterocycles. The maximum Gasteiger partial charge on any atom is 0.213 e. The molecule has 0 saturated heterocycles. The van der Waals surface area contributed by atoms with Gasteiger partial charge in [-0.3, -0.25) is 0 Å². The molecular formula is C14H15ClN2O. The highest BCUT2D eigenvalue weighted by molar-refractivity contribution is 6.30. The van der Waals surface area contributed by atoms with E-state index in [0.717, 1.165) is 22.8 Å². The zero-order valence-corrected chi connectivity index (χ0v) is 10.9. The minimum absolute atomic E-state index is 0.627. The second-order valence-corrected chi connectivity index (χ2v) is 4.24. The molecule has 0 bridgehead atoms. The van der Waals surface area contributed by atoms with Gasteiger partial charge in [-0.15, -0.1) is 0 Å². The molecule has 0 aliphatic carbocycles. The minimum atomic E-state index is 0.627. The van der Waals surface area contributed by atoms with Gasteiger partial charge in [0.05, 0.1) is 18.5 Å². The first-order valence-corrected chi connectivity index (χ1v) is 6.23. The number of benzene rings is 1. The molecule has 94 valence electrons. The van der Waals surface area contributed by atoms with Crippen LogP contribution in [0.2, 0.25) is 5.02 Å². The zero-order valence-electron chi connectivity index (χ0n) is 10.2. The first-order chi connectivity index (χ1) is 8.78. The van der Waals surface area contributed by atoms with Gasteiger partial charge in [-0.2, -0.15) is 0 Å². The summed E-state index contributed by atoms with van der Waals surface area (Å²) in [6, 6.07) is 11.6. The van der Waals surface area contributed by atoms with Crippen LogP contribution in [-0.4, -0.2) is 11.6 Å². The molecule has 2 aromatic rings. The fourth-order valence-corrected chi connectivity index (χ4v) is 1.78. The minimum Gasteiger partial charge on any atom is -0.478 e. The van der Waals surface area contributed by atoms with Crippen LogP contribution in [0.5, 0.6) is 5.88 Å². The fraction of sp³-hybridized carbons (Fsp3) is 0.214. The highest BCUT2D eigenvalue weighted by atomic mass is 35.5. The lowest BCUT2D eigenvalue weighted by Crippen LogP contribution is -2.00. The summed E-state index contributed by atoms with van der Waals surface area (Å²) in [7, 11) is 0. The van der Waals surface area contributed by atoms with Crippen LogP contribution in [0.4, 0.5) is 5.69 Å². The average molecular weight is 263 g/mol. The summed E-state index contributed by atoms with van der Waals surface area (Å²) in [5.41, 5.74) is 2.09. The molecule has 1 heterocycles. The number of pyridine rings is 1. The van der Waals surface area contributed by atoms with Gasteiger partial charge in [0, 0.05) is 17.6 Å². The van der Waals surface area contributed by atoms with E-state index >= 15 is 0 Å². The van der Waals surface area contributed by atoms with Crippen molar-refractivity contribution in [3.63, 3.8) is 0 Å². The summed E-state index contributed by atoms with van der Waals surface area (Å²) in [6.07, 6.45) is 1.76. The monoisotopic (exact) mass is 262 g/mol. The summed E-state index contributed by atoms with van der Waals surface area (Å²) in [6.45, 7) is 3.28. The van der Waals surface area contributed by atoms with Crippen molar-refractivity contribution in [1.82, 2.24) is 4.98 Å². The number of ether oxygens (including phenoxy) is 1.